The van der Waals surface area contributed by atoms with Crippen molar-refractivity contribution >= 4 is 11.8 Å². The Balaban J connectivity index is 2.11. The van der Waals surface area contributed by atoms with E-state index in [1.807, 2.05) is 0 Å². The Hall–Kier alpha value is -1.69. The highest BCUT2D eigenvalue weighted by atomic mass is 19.1. The third-order valence-corrected chi connectivity index (χ3v) is 3.75. The molecule has 3 N–H and O–H groups in total. The average Bonchev–Trinajstić information content (AvgIpc) is 2.87. The highest BCUT2D eigenvalue weighted by Crippen LogP contribution is 2.37. The number of pyridine rings is 1. The second-order valence-corrected chi connectivity index (χ2v) is 5.05. The minimum atomic E-state index is -1.32. The highest BCUT2D eigenvalue weighted by molar-refractivity contribution is 5.88. The van der Waals surface area contributed by atoms with Crippen molar-refractivity contribution in [3.8, 4) is 0 Å². The normalized spacial score (nSPS) is 17.4. The van der Waals surface area contributed by atoms with E-state index >= 15 is 0 Å². The Morgan fingerprint density at radius 3 is 2.74 bits per heavy atom. The lowest BCUT2D eigenvalue weighted by molar-refractivity contribution is 0.0691. The number of aromatic nitrogens is 1. The van der Waals surface area contributed by atoms with Crippen LogP contribution in [0.25, 0.3) is 0 Å². The fourth-order valence-corrected chi connectivity index (χ4v) is 2.52. The molecule has 6 heteroatoms. The van der Waals surface area contributed by atoms with Crippen LogP contribution in [0.1, 0.15) is 36.0 Å². The zero-order chi connectivity index (χ0) is 13.9. The quantitative estimate of drug-likeness (QED) is 0.759. The lowest BCUT2D eigenvalue weighted by Gasteiger charge is -2.26. The molecule has 0 atom stereocenters. The van der Waals surface area contributed by atoms with Gasteiger partial charge in [-0.2, -0.15) is 0 Å². The summed E-state index contributed by atoms with van der Waals surface area (Å²) in [5.74, 6) is -2.25. The van der Waals surface area contributed by atoms with Crippen LogP contribution in [-0.2, 0) is 0 Å². The number of carboxylic acid groups (broad SMARTS) is 1. The monoisotopic (exact) mass is 268 g/mol. The van der Waals surface area contributed by atoms with E-state index in [0.717, 1.165) is 31.7 Å². The van der Waals surface area contributed by atoms with Crippen molar-refractivity contribution in [2.45, 2.75) is 25.7 Å². The van der Waals surface area contributed by atoms with Gasteiger partial charge in [-0.15, -0.1) is 0 Å². The molecule has 1 aliphatic carbocycles. The molecular formula is C13H17FN2O3. The molecule has 0 bridgehead atoms. The number of halogens is 1. The van der Waals surface area contributed by atoms with Crippen LogP contribution in [0.5, 0.6) is 0 Å². The van der Waals surface area contributed by atoms with Gasteiger partial charge in [0.15, 0.2) is 11.6 Å². The van der Waals surface area contributed by atoms with Crippen molar-refractivity contribution in [1.82, 2.24) is 4.98 Å². The summed E-state index contributed by atoms with van der Waals surface area (Å²) in [4.78, 5) is 14.6. The number of carbonyl (C=O) groups is 1. The van der Waals surface area contributed by atoms with Gasteiger partial charge in [-0.05, 0) is 18.9 Å². The average molecular weight is 268 g/mol. The van der Waals surface area contributed by atoms with Gasteiger partial charge in [0.05, 0.1) is 6.61 Å². The SMILES string of the molecule is O=C(O)c1ccnc(NCC2(CO)CCCC2)c1F. The van der Waals surface area contributed by atoms with Gasteiger partial charge in [-0.1, -0.05) is 12.8 Å². The molecule has 0 spiro atoms. The fraction of sp³-hybridized carbons (Fsp3) is 0.538. The van der Waals surface area contributed by atoms with E-state index < -0.39 is 17.3 Å². The van der Waals surface area contributed by atoms with Crippen LogP contribution in [-0.4, -0.2) is 34.3 Å². The number of carboxylic acids is 1. The van der Waals surface area contributed by atoms with E-state index in [1.165, 1.54) is 6.20 Å². The first kappa shape index (κ1) is 13.7. The first-order valence-electron chi connectivity index (χ1n) is 6.30. The van der Waals surface area contributed by atoms with Crippen molar-refractivity contribution < 1.29 is 19.4 Å². The van der Waals surface area contributed by atoms with Gasteiger partial charge in [0.25, 0.3) is 0 Å². The van der Waals surface area contributed by atoms with E-state index in [4.69, 9.17) is 5.11 Å². The minimum absolute atomic E-state index is 0.0419. The van der Waals surface area contributed by atoms with E-state index in [0.29, 0.717) is 6.54 Å². The number of aromatic carboxylic acids is 1. The molecule has 2 rings (SSSR count). The predicted molar refractivity (Wildman–Crippen MR) is 67.6 cm³/mol. The summed E-state index contributed by atoms with van der Waals surface area (Å²) in [6, 6.07) is 1.13. The number of anilines is 1. The molecule has 1 heterocycles. The van der Waals surface area contributed by atoms with Crippen molar-refractivity contribution in [1.29, 1.82) is 0 Å². The molecule has 0 aromatic carbocycles. The van der Waals surface area contributed by atoms with Crippen LogP contribution < -0.4 is 5.32 Å². The maximum absolute atomic E-state index is 13.9. The van der Waals surface area contributed by atoms with Crippen molar-refractivity contribution in [3.05, 3.63) is 23.6 Å². The molecule has 19 heavy (non-hydrogen) atoms. The number of hydrogen-bond acceptors (Lipinski definition) is 4. The summed E-state index contributed by atoms with van der Waals surface area (Å²) in [6.45, 7) is 0.441. The topological polar surface area (TPSA) is 82.5 Å². The molecule has 1 fully saturated rings. The van der Waals surface area contributed by atoms with E-state index in [2.05, 4.69) is 10.3 Å². The van der Waals surface area contributed by atoms with Gasteiger partial charge < -0.3 is 15.5 Å². The summed E-state index contributed by atoms with van der Waals surface area (Å²) in [5.41, 5.74) is -0.644. The summed E-state index contributed by atoms with van der Waals surface area (Å²) in [7, 11) is 0. The zero-order valence-electron chi connectivity index (χ0n) is 10.5. The number of nitrogens with zero attached hydrogens (tertiary/aromatic N) is 1. The maximum Gasteiger partial charge on any atom is 0.338 e. The molecule has 1 aromatic heterocycles. The first-order chi connectivity index (χ1) is 9.08. The molecule has 1 aromatic rings. The molecule has 104 valence electrons. The second kappa shape index (κ2) is 5.52. The fourth-order valence-electron chi connectivity index (χ4n) is 2.52. The molecule has 0 radical (unpaired) electrons. The van der Waals surface area contributed by atoms with Gasteiger partial charge in [-0.25, -0.2) is 14.2 Å². The summed E-state index contributed by atoms with van der Waals surface area (Å²) in [6.07, 6.45) is 5.13. The van der Waals surface area contributed by atoms with Gasteiger partial charge in [0.1, 0.15) is 5.56 Å². The van der Waals surface area contributed by atoms with Crippen molar-refractivity contribution in [2.75, 3.05) is 18.5 Å². The van der Waals surface area contributed by atoms with Crippen LogP contribution in [0.15, 0.2) is 12.3 Å². The summed E-state index contributed by atoms with van der Waals surface area (Å²) in [5, 5.41) is 21.1. The summed E-state index contributed by atoms with van der Waals surface area (Å²) < 4.78 is 13.9. The lowest BCUT2D eigenvalue weighted by Crippen LogP contribution is -2.31. The van der Waals surface area contributed by atoms with Crippen LogP contribution in [0.2, 0.25) is 0 Å². The zero-order valence-corrected chi connectivity index (χ0v) is 10.5. The molecule has 0 unspecified atom stereocenters. The Bertz CT molecular complexity index is 473. The molecule has 0 amide bonds. The van der Waals surface area contributed by atoms with E-state index in [1.54, 1.807) is 0 Å². The number of rotatable bonds is 5. The number of nitrogens with one attached hydrogen (secondary N) is 1. The van der Waals surface area contributed by atoms with Crippen LogP contribution in [0.4, 0.5) is 10.2 Å². The number of aliphatic hydroxyl groups is 1. The van der Waals surface area contributed by atoms with Crippen molar-refractivity contribution in [2.24, 2.45) is 5.41 Å². The van der Waals surface area contributed by atoms with Crippen LogP contribution in [0.3, 0.4) is 0 Å². The third kappa shape index (κ3) is 2.84. The first-order valence-corrected chi connectivity index (χ1v) is 6.30. The van der Waals surface area contributed by atoms with Gasteiger partial charge >= 0.3 is 5.97 Å². The number of aliphatic hydroxyl groups excluding tert-OH is 1. The molecule has 0 aliphatic heterocycles. The molecule has 5 nitrogen and oxygen atoms in total. The van der Waals surface area contributed by atoms with E-state index in [-0.39, 0.29) is 17.8 Å². The Kier molecular flexibility index (Phi) is 3.99. The van der Waals surface area contributed by atoms with Gasteiger partial charge in [0.2, 0.25) is 0 Å². The summed E-state index contributed by atoms with van der Waals surface area (Å²) >= 11 is 0. The van der Waals surface area contributed by atoms with E-state index in [9.17, 15) is 14.3 Å². The smallest absolute Gasteiger partial charge is 0.338 e. The Morgan fingerprint density at radius 1 is 1.47 bits per heavy atom. The van der Waals surface area contributed by atoms with Gasteiger partial charge in [-0.3, -0.25) is 0 Å². The van der Waals surface area contributed by atoms with Crippen molar-refractivity contribution in [3.63, 3.8) is 0 Å². The standard InChI is InChI=1S/C13H17FN2O3/c14-10-9(12(18)19)3-6-15-11(10)16-7-13(8-17)4-1-2-5-13/h3,6,17H,1-2,4-5,7-8H2,(H,15,16)(H,18,19). The highest BCUT2D eigenvalue weighted by Gasteiger charge is 2.33. The Labute approximate surface area is 110 Å². The molecule has 0 saturated heterocycles. The van der Waals surface area contributed by atoms with Crippen LogP contribution >= 0.6 is 0 Å². The Morgan fingerprint density at radius 2 is 2.16 bits per heavy atom. The third-order valence-electron chi connectivity index (χ3n) is 3.75. The minimum Gasteiger partial charge on any atom is -0.478 e. The number of hydrogen-bond donors (Lipinski definition) is 3. The molecule has 1 aliphatic rings. The lowest BCUT2D eigenvalue weighted by atomic mass is 9.87. The van der Waals surface area contributed by atoms with Crippen LogP contribution in [0, 0.1) is 11.2 Å². The predicted octanol–water partition coefficient (Wildman–Crippen LogP) is 1.88. The largest absolute Gasteiger partial charge is 0.478 e. The molecule has 1 saturated carbocycles. The second-order valence-electron chi connectivity index (χ2n) is 5.05. The van der Waals surface area contributed by atoms with Gasteiger partial charge in [0, 0.05) is 18.2 Å². The maximum atomic E-state index is 13.9. The molecular weight excluding hydrogens is 251 g/mol.